The molecule has 66 valence electrons. The van der Waals surface area contributed by atoms with Gasteiger partial charge in [0.25, 0.3) is 6.47 Å². The van der Waals surface area contributed by atoms with E-state index in [1.165, 1.54) is 0 Å². The van der Waals surface area contributed by atoms with Crippen molar-refractivity contribution in [3.05, 3.63) is 0 Å². The largest absolute Gasteiger partial charge is 0.468 e. The maximum atomic E-state index is 10.2. The summed E-state index contributed by atoms with van der Waals surface area (Å²) in [5.41, 5.74) is 0.153. The molecule has 0 aliphatic carbocycles. The first kappa shape index (κ1) is 10.7. The SMILES string of the molecule is CC(C)C(OC=O)[Si](C)(C)C. The van der Waals surface area contributed by atoms with Crippen LogP contribution in [0.2, 0.25) is 19.6 Å². The van der Waals surface area contributed by atoms with Crippen LogP contribution in [0.25, 0.3) is 0 Å². The minimum absolute atomic E-state index is 0.153. The van der Waals surface area contributed by atoms with Gasteiger partial charge in [-0.2, -0.15) is 0 Å². The van der Waals surface area contributed by atoms with Crippen LogP contribution >= 0.6 is 0 Å². The molecule has 11 heavy (non-hydrogen) atoms. The van der Waals surface area contributed by atoms with E-state index in [1.54, 1.807) is 0 Å². The van der Waals surface area contributed by atoms with Crippen molar-refractivity contribution in [3.8, 4) is 0 Å². The molecule has 0 heterocycles. The van der Waals surface area contributed by atoms with Crippen LogP contribution in [0, 0.1) is 5.92 Å². The van der Waals surface area contributed by atoms with Crippen LogP contribution < -0.4 is 0 Å². The molecule has 0 aliphatic rings. The summed E-state index contributed by atoms with van der Waals surface area (Å²) in [6.45, 7) is 11.4. The molecule has 0 spiro atoms. The molecule has 0 aromatic rings. The fourth-order valence-electron chi connectivity index (χ4n) is 1.42. The minimum Gasteiger partial charge on any atom is -0.468 e. The van der Waals surface area contributed by atoms with Crippen LogP contribution in [0.1, 0.15) is 13.8 Å². The highest BCUT2D eigenvalue weighted by atomic mass is 28.3. The number of hydrogen-bond acceptors (Lipinski definition) is 2. The molecule has 0 fully saturated rings. The minimum atomic E-state index is -1.32. The van der Waals surface area contributed by atoms with Gasteiger partial charge in [0.15, 0.2) is 0 Å². The standard InChI is InChI=1S/C8H18O2Si/c1-7(2)8(10-6-9)11(3,4)5/h6-8H,1-5H3. The lowest BCUT2D eigenvalue weighted by atomic mass is 10.2. The Hall–Kier alpha value is -0.313. The van der Waals surface area contributed by atoms with Crippen molar-refractivity contribution in [1.29, 1.82) is 0 Å². The molecule has 0 aromatic carbocycles. The third-order valence-electron chi connectivity index (χ3n) is 1.66. The highest BCUT2D eigenvalue weighted by Gasteiger charge is 2.30. The van der Waals surface area contributed by atoms with Crippen molar-refractivity contribution in [2.45, 2.75) is 39.2 Å². The summed E-state index contributed by atoms with van der Waals surface area (Å²) in [7, 11) is -1.32. The highest BCUT2D eigenvalue weighted by molar-refractivity contribution is 6.77. The number of ether oxygens (including phenoxy) is 1. The lowest BCUT2D eigenvalue weighted by Gasteiger charge is -2.30. The first-order valence-electron chi connectivity index (χ1n) is 3.98. The van der Waals surface area contributed by atoms with Gasteiger partial charge in [0.2, 0.25) is 0 Å². The number of hydrogen-bond donors (Lipinski definition) is 0. The summed E-state index contributed by atoms with van der Waals surface area (Å²) in [6, 6.07) is 0. The van der Waals surface area contributed by atoms with Crippen molar-refractivity contribution >= 4 is 14.5 Å². The molecule has 0 N–H and O–H groups in total. The lowest BCUT2D eigenvalue weighted by Crippen LogP contribution is -2.43. The predicted molar refractivity (Wildman–Crippen MR) is 49.1 cm³/mol. The lowest BCUT2D eigenvalue weighted by molar-refractivity contribution is -0.132. The van der Waals surface area contributed by atoms with E-state index >= 15 is 0 Å². The van der Waals surface area contributed by atoms with Gasteiger partial charge in [-0.15, -0.1) is 0 Å². The first-order valence-corrected chi connectivity index (χ1v) is 7.56. The Balaban J connectivity index is 4.21. The summed E-state index contributed by atoms with van der Waals surface area (Å²) >= 11 is 0. The van der Waals surface area contributed by atoms with E-state index in [0.717, 1.165) is 0 Å². The van der Waals surface area contributed by atoms with Crippen molar-refractivity contribution in [3.63, 3.8) is 0 Å². The van der Waals surface area contributed by atoms with E-state index in [2.05, 4.69) is 33.5 Å². The van der Waals surface area contributed by atoms with Crippen molar-refractivity contribution in [2.24, 2.45) is 5.92 Å². The van der Waals surface area contributed by atoms with Gasteiger partial charge in [-0.3, -0.25) is 4.79 Å². The van der Waals surface area contributed by atoms with Crippen LogP contribution in [0.4, 0.5) is 0 Å². The monoisotopic (exact) mass is 174 g/mol. The number of carbonyl (C=O) groups excluding carboxylic acids is 1. The van der Waals surface area contributed by atoms with Crippen LogP contribution in [0.15, 0.2) is 0 Å². The Bertz CT molecular complexity index is 127. The molecule has 0 bridgehead atoms. The fourth-order valence-corrected chi connectivity index (χ4v) is 3.88. The molecule has 0 saturated carbocycles. The highest BCUT2D eigenvalue weighted by Crippen LogP contribution is 2.18. The summed E-state index contributed by atoms with van der Waals surface area (Å²) in [4.78, 5) is 10.2. The maximum Gasteiger partial charge on any atom is 0.293 e. The molecule has 0 radical (unpaired) electrons. The zero-order chi connectivity index (χ0) is 9.07. The molecule has 0 aliphatic heterocycles. The third-order valence-corrected chi connectivity index (χ3v) is 4.17. The van der Waals surface area contributed by atoms with E-state index < -0.39 is 8.07 Å². The van der Waals surface area contributed by atoms with Crippen molar-refractivity contribution in [1.82, 2.24) is 0 Å². The van der Waals surface area contributed by atoms with Gasteiger partial charge >= 0.3 is 0 Å². The fraction of sp³-hybridized carbons (Fsp3) is 0.875. The topological polar surface area (TPSA) is 26.3 Å². The van der Waals surface area contributed by atoms with E-state index in [4.69, 9.17) is 4.74 Å². The summed E-state index contributed by atoms with van der Waals surface area (Å²) in [6.07, 6.45) is 0. The first-order chi connectivity index (χ1) is 4.89. The Morgan fingerprint density at radius 2 is 1.73 bits per heavy atom. The smallest absolute Gasteiger partial charge is 0.293 e. The van der Waals surface area contributed by atoms with Gasteiger partial charge in [0, 0.05) is 0 Å². The average Bonchev–Trinajstić information content (AvgIpc) is 1.79. The van der Waals surface area contributed by atoms with Gasteiger partial charge in [-0.05, 0) is 5.92 Å². The summed E-state index contributed by atoms with van der Waals surface area (Å²) < 4.78 is 5.05. The van der Waals surface area contributed by atoms with Crippen LogP contribution in [-0.4, -0.2) is 20.3 Å². The normalized spacial score (nSPS) is 14.7. The van der Waals surface area contributed by atoms with Gasteiger partial charge in [0.05, 0.1) is 13.8 Å². The zero-order valence-corrected chi connectivity index (χ0v) is 9.05. The molecule has 0 rings (SSSR count). The molecular weight excluding hydrogens is 156 g/mol. The second-order valence-corrected chi connectivity index (χ2v) is 9.56. The molecule has 0 aromatic heterocycles. The van der Waals surface area contributed by atoms with E-state index in [0.29, 0.717) is 12.4 Å². The van der Waals surface area contributed by atoms with Gasteiger partial charge in [0.1, 0.15) is 0 Å². The summed E-state index contributed by atoms with van der Waals surface area (Å²) in [5, 5.41) is 0. The molecule has 1 unspecified atom stereocenters. The molecule has 2 nitrogen and oxygen atoms in total. The van der Waals surface area contributed by atoms with Crippen LogP contribution in [-0.2, 0) is 9.53 Å². The molecule has 0 amide bonds. The van der Waals surface area contributed by atoms with E-state index in [9.17, 15) is 4.79 Å². The summed E-state index contributed by atoms with van der Waals surface area (Å²) in [5.74, 6) is 0.437. The van der Waals surface area contributed by atoms with Crippen molar-refractivity contribution < 1.29 is 9.53 Å². The third kappa shape index (κ3) is 3.56. The molecule has 3 heteroatoms. The average molecular weight is 174 g/mol. The number of carbonyl (C=O) groups is 1. The molecule has 1 atom stereocenters. The molecular formula is C8H18O2Si. The molecule has 0 saturated heterocycles. The van der Waals surface area contributed by atoms with Gasteiger partial charge in [-0.25, -0.2) is 0 Å². The van der Waals surface area contributed by atoms with E-state index in [-0.39, 0.29) is 5.73 Å². The zero-order valence-electron chi connectivity index (χ0n) is 8.05. The Kier molecular flexibility index (Phi) is 3.79. The Morgan fingerprint density at radius 1 is 1.27 bits per heavy atom. The second kappa shape index (κ2) is 3.90. The van der Waals surface area contributed by atoms with Crippen LogP contribution in [0.5, 0.6) is 0 Å². The second-order valence-electron chi connectivity index (χ2n) is 4.26. The number of rotatable bonds is 4. The quantitative estimate of drug-likeness (QED) is 0.482. The Morgan fingerprint density at radius 3 is 1.82 bits per heavy atom. The Labute approximate surface area is 69.9 Å². The van der Waals surface area contributed by atoms with Crippen molar-refractivity contribution in [2.75, 3.05) is 0 Å². The van der Waals surface area contributed by atoms with Gasteiger partial charge in [-0.1, -0.05) is 33.5 Å². The van der Waals surface area contributed by atoms with Crippen LogP contribution in [0.3, 0.4) is 0 Å². The predicted octanol–water partition coefficient (Wildman–Crippen LogP) is 2.06. The van der Waals surface area contributed by atoms with E-state index in [1.807, 2.05) is 0 Å². The van der Waals surface area contributed by atoms with Gasteiger partial charge < -0.3 is 4.74 Å². The maximum absolute atomic E-state index is 10.2.